The van der Waals surface area contributed by atoms with E-state index in [9.17, 15) is 26.4 Å². The first-order chi connectivity index (χ1) is 20.1. The number of benzene rings is 2. The molecule has 2 rings (SSSR count). The zero-order valence-electron chi connectivity index (χ0n) is 26.3. The molecule has 44 heavy (non-hydrogen) atoms. The van der Waals surface area contributed by atoms with Gasteiger partial charge in [0.15, 0.2) is 5.78 Å². The Hall–Kier alpha value is -3.40. The Morgan fingerprint density at radius 1 is 0.636 bits per heavy atom. The number of ether oxygens (including phenoxy) is 5. The summed E-state index contributed by atoms with van der Waals surface area (Å²) in [4.78, 5) is 23.3. The van der Waals surface area contributed by atoms with Gasteiger partial charge in [0, 0.05) is 39.3 Å². The highest BCUT2D eigenvalue weighted by atomic mass is 32.2. The highest BCUT2D eigenvalue weighted by molar-refractivity contribution is 7.89. The number of Topliss-reactive ketones (excluding diaryl/α,β-unsaturated/α-hetero) is 1. The molecule has 0 saturated heterocycles. The third-order valence-corrected chi connectivity index (χ3v) is 9.97. The normalized spacial score (nSPS) is 11.2. The van der Waals surface area contributed by atoms with Crippen molar-refractivity contribution in [2.45, 2.75) is 50.8 Å². The van der Waals surface area contributed by atoms with Gasteiger partial charge in [-0.2, -0.15) is 0 Å². The van der Waals surface area contributed by atoms with E-state index in [-0.39, 0.29) is 57.1 Å². The van der Waals surface area contributed by atoms with Crippen LogP contribution in [0.1, 0.15) is 61.8 Å². The third-order valence-electron chi connectivity index (χ3n) is 6.21. The molecule has 0 spiro atoms. The number of ketones is 1. The van der Waals surface area contributed by atoms with Gasteiger partial charge in [-0.1, -0.05) is 21.3 Å². The monoisotopic (exact) mass is 662 g/mol. The summed E-state index contributed by atoms with van der Waals surface area (Å²) in [6.07, 6.45) is 1.35. The van der Waals surface area contributed by atoms with Crippen molar-refractivity contribution in [2.24, 2.45) is 0 Å². The number of carbonyl (C=O) groups excluding carboxylic acids is 2. The molecule has 0 unspecified atom stereocenters. The van der Waals surface area contributed by atoms with Crippen LogP contribution in [0.25, 0.3) is 0 Å². The van der Waals surface area contributed by atoms with Crippen LogP contribution in [-0.4, -0.2) is 99.9 Å². The van der Waals surface area contributed by atoms with Gasteiger partial charge in [0.25, 0.3) is 0 Å². The Kier molecular flexibility index (Phi) is 16.4. The number of carbonyl (C=O) groups is 2. The van der Waals surface area contributed by atoms with E-state index >= 15 is 0 Å². The highest BCUT2D eigenvalue weighted by Gasteiger charge is 2.29. The van der Waals surface area contributed by atoms with Crippen LogP contribution in [0.2, 0.25) is 0 Å². The maximum absolute atomic E-state index is 12.6. The lowest BCUT2D eigenvalue weighted by molar-refractivity contribution is 0.0596. The molecule has 0 aromatic heterocycles. The highest BCUT2D eigenvalue weighted by Crippen LogP contribution is 2.35. The lowest BCUT2D eigenvalue weighted by Gasteiger charge is -2.19. The molecule has 2 aromatic carbocycles. The molecule has 250 valence electrons. The van der Waals surface area contributed by atoms with Crippen molar-refractivity contribution in [2.75, 3.05) is 62.7 Å². The molecule has 0 heterocycles. The molecule has 0 aliphatic heterocycles. The van der Waals surface area contributed by atoms with Gasteiger partial charge in [-0.25, -0.2) is 30.2 Å². The Morgan fingerprint density at radius 2 is 0.977 bits per heavy atom. The van der Waals surface area contributed by atoms with Crippen molar-refractivity contribution in [3.8, 4) is 23.0 Å². The minimum absolute atomic E-state index is 0. The number of hydrogen-bond donors (Lipinski definition) is 0. The summed E-state index contributed by atoms with van der Waals surface area (Å²) < 4.78 is 78.0. The fourth-order valence-electron chi connectivity index (χ4n) is 3.89. The molecular weight excluding hydrogens is 616 g/mol. The second-order valence-corrected chi connectivity index (χ2v) is 13.1. The summed E-state index contributed by atoms with van der Waals surface area (Å²) in [5.74, 6) is -0.234. The summed E-state index contributed by atoms with van der Waals surface area (Å²) >= 11 is 0. The Morgan fingerprint density at radius 3 is 1.27 bits per heavy atom. The topological polar surface area (TPSA) is 155 Å². The van der Waals surface area contributed by atoms with Gasteiger partial charge in [-0.05, 0) is 31.9 Å². The minimum Gasteiger partial charge on any atom is -0.496 e. The maximum atomic E-state index is 12.6. The van der Waals surface area contributed by atoms with Crippen molar-refractivity contribution >= 4 is 31.8 Å². The van der Waals surface area contributed by atoms with Crippen molar-refractivity contribution in [3.63, 3.8) is 0 Å². The van der Waals surface area contributed by atoms with E-state index in [1.807, 2.05) is 13.8 Å². The number of hydrogen-bond acceptors (Lipinski definition) is 11. The Labute approximate surface area is 262 Å². The van der Waals surface area contributed by atoms with Crippen LogP contribution in [0.3, 0.4) is 0 Å². The molecule has 0 radical (unpaired) electrons. The first-order valence-corrected chi connectivity index (χ1v) is 16.0. The van der Waals surface area contributed by atoms with Gasteiger partial charge < -0.3 is 23.7 Å². The van der Waals surface area contributed by atoms with Crippen LogP contribution in [-0.2, 0) is 24.8 Å². The molecule has 0 aliphatic carbocycles. The molecule has 0 fully saturated rings. The van der Waals surface area contributed by atoms with Crippen molar-refractivity contribution in [1.82, 2.24) is 8.61 Å². The quantitative estimate of drug-likeness (QED) is 0.212. The largest absolute Gasteiger partial charge is 0.496 e. The molecule has 0 saturated carbocycles. The fraction of sp³-hybridized carbons (Fsp3) is 0.517. The second-order valence-electron chi connectivity index (χ2n) is 9.11. The van der Waals surface area contributed by atoms with Crippen LogP contribution < -0.4 is 18.9 Å². The molecule has 0 N–H and O–H groups in total. The molecule has 0 aliphatic rings. The van der Waals surface area contributed by atoms with E-state index in [1.54, 1.807) is 0 Å². The molecule has 0 atom stereocenters. The standard InChI is InChI=1S/C14H21NO6S.C14H21NO5S.CH4/c1-6-7-15(2)22(17,18)13-8-10(14(16)21-5)11(19-3)9-12(13)20-4;1-6-7-15(3)21(17,18)14-8-11(10(2)16)12(19-4)9-13(14)20-5;/h8-9H,6-7H2,1-5H3;8-9H,6-7H2,1-5H3;1H4. The molecule has 0 amide bonds. The summed E-state index contributed by atoms with van der Waals surface area (Å²) in [6, 6.07) is 5.30. The molecule has 13 nitrogen and oxygen atoms in total. The molecule has 0 bridgehead atoms. The van der Waals surface area contributed by atoms with E-state index in [0.29, 0.717) is 25.9 Å². The van der Waals surface area contributed by atoms with Crippen LogP contribution in [0.15, 0.2) is 34.1 Å². The summed E-state index contributed by atoms with van der Waals surface area (Å²) in [6.45, 7) is 5.85. The molecule has 2 aromatic rings. The number of methoxy groups -OCH3 is 5. The van der Waals surface area contributed by atoms with E-state index in [2.05, 4.69) is 4.74 Å². The van der Waals surface area contributed by atoms with Gasteiger partial charge >= 0.3 is 5.97 Å². The summed E-state index contributed by atoms with van der Waals surface area (Å²) in [5, 5.41) is 0. The van der Waals surface area contributed by atoms with E-state index in [1.165, 1.54) is 89.4 Å². The predicted octanol–water partition coefficient (Wildman–Crippen LogP) is 4.09. The average molecular weight is 663 g/mol. The van der Waals surface area contributed by atoms with E-state index in [0.717, 1.165) is 0 Å². The van der Waals surface area contributed by atoms with Gasteiger partial charge in [0.05, 0.1) is 41.1 Å². The smallest absolute Gasteiger partial charge is 0.341 e. The predicted molar refractivity (Wildman–Crippen MR) is 167 cm³/mol. The van der Waals surface area contributed by atoms with Crippen LogP contribution in [0, 0.1) is 0 Å². The van der Waals surface area contributed by atoms with Crippen LogP contribution in [0.5, 0.6) is 23.0 Å². The number of sulfonamides is 2. The molecular formula is C29H46N2O11S2. The second kappa shape index (κ2) is 17.8. The number of nitrogens with zero attached hydrogens (tertiary/aromatic N) is 2. The Bertz CT molecular complexity index is 1490. The zero-order chi connectivity index (χ0) is 33.1. The van der Waals surface area contributed by atoms with Gasteiger partial charge in [-0.3, -0.25) is 4.79 Å². The van der Waals surface area contributed by atoms with Crippen LogP contribution in [0.4, 0.5) is 0 Å². The average Bonchev–Trinajstić information content (AvgIpc) is 2.99. The lowest BCUT2D eigenvalue weighted by Crippen LogP contribution is -2.28. The lowest BCUT2D eigenvalue weighted by atomic mass is 10.1. The first kappa shape index (κ1) is 40.6. The van der Waals surface area contributed by atoms with Crippen molar-refractivity contribution in [3.05, 3.63) is 35.4 Å². The third kappa shape index (κ3) is 9.30. The SMILES string of the molecule is C.CCCN(C)S(=O)(=O)c1cc(C(=O)OC)c(OC)cc1OC.CCCN(C)S(=O)(=O)c1cc(C(C)=O)c(OC)cc1OC. The fourth-order valence-corrected chi connectivity index (χ4v) is 6.74. The van der Waals surface area contributed by atoms with Gasteiger partial charge in [0.2, 0.25) is 20.0 Å². The molecule has 15 heteroatoms. The van der Waals surface area contributed by atoms with E-state index < -0.39 is 26.0 Å². The Balaban J connectivity index is 0.000000823. The van der Waals surface area contributed by atoms with Crippen LogP contribution >= 0.6 is 0 Å². The summed E-state index contributed by atoms with van der Waals surface area (Å²) in [5.41, 5.74) is 0.232. The summed E-state index contributed by atoms with van der Waals surface area (Å²) in [7, 11) is 2.19. The van der Waals surface area contributed by atoms with E-state index in [4.69, 9.17) is 18.9 Å². The zero-order valence-corrected chi connectivity index (χ0v) is 28.0. The van der Waals surface area contributed by atoms with Crippen molar-refractivity contribution < 1.29 is 50.1 Å². The number of esters is 1. The number of rotatable bonds is 14. The first-order valence-electron chi connectivity index (χ1n) is 13.2. The van der Waals surface area contributed by atoms with Crippen molar-refractivity contribution in [1.29, 1.82) is 0 Å². The maximum Gasteiger partial charge on any atom is 0.341 e. The van der Waals surface area contributed by atoms with Gasteiger partial charge in [0.1, 0.15) is 38.4 Å². The van der Waals surface area contributed by atoms with Gasteiger partial charge in [-0.15, -0.1) is 0 Å². The minimum atomic E-state index is -3.79.